The van der Waals surface area contributed by atoms with E-state index in [1.165, 1.54) is 0 Å². The van der Waals surface area contributed by atoms with E-state index in [0.29, 0.717) is 18.0 Å². The highest BCUT2D eigenvalue weighted by Gasteiger charge is 2.25. The van der Waals surface area contributed by atoms with E-state index >= 15 is 0 Å². The number of hydrogen-bond acceptors (Lipinski definition) is 5. The van der Waals surface area contributed by atoms with Crippen LogP contribution < -0.4 is 4.72 Å². The second kappa shape index (κ2) is 6.21. The number of hydrogen-bond donors (Lipinski definition) is 2. The van der Waals surface area contributed by atoms with Crippen LogP contribution in [0.1, 0.15) is 18.3 Å². The van der Waals surface area contributed by atoms with E-state index in [4.69, 9.17) is 4.74 Å². The summed E-state index contributed by atoms with van der Waals surface area (Å²) in [5.41, 5.74) is 1.03. The number of aromatic amines is 1. The number of likely N-dealkylation sites (N-methyl/N-ethyl adjacent to an activating group) is 1. The van der Waals surface area contributed by atoms with Crippen LogP contribution in [-0.2, 0) is 14.8 Å². The highest BCUT2D eigenvalue weighted by Crippen LogP contribution is 2.16. The molecule has 114 valence electrons. The molecule has 1 aromatic heterocycles. The van der Waals surface area contributed by atoms with Gasteiger partial charge in [0.1, 0.15) is 4.90 Å². The molecule has 0 amide bonds. The first-order chi connectivity index (χ1) is 9.44. The summed E-state index contributed by atoms with van der Waals surface area (Å²) in [5.74, 6) is 0. The number of nitrogens with zero attached hydrogens (tertiary/aromatic N) is 2. The van der Waals surface area contributed by atoms with Crippen LogP contribution in [0.3, 0.4) is 0 Å². The first-order valence-electron chi connectivity index (χ1n) is 6.79. The van der Waals surface area contributed by atoms with Crippen molar-refractivity contribution in [3.05, 3.63) is 11.4 Å². The molecule has 7 nitrogen and oxygen atoms in total. The van der Waals surface area contributed by atoms with Gasteiger partial charge in [0.25, 0.3) is 0 Å². The van der Waals surface area contributed by atoms with Crippen molar-refractivity contribution in [3.63, 3.8) is 0 Å². The highest BCUT2D eigenvalue weighted by molar-refractivity contribution is 7.89. The maximum atomic E-state index is 12.3. The Labute approximate surface area is 119 Å². The van der Waals surface area contributed by atoms with Crippen LogP contribution in [0.25, 0.3) is 0 Å². The smallest absolute Gasteiger partial charge is 0.244 e. The fourth-order valence-corrected chi connectivity index (χ4v) is 3.84. The Kier molecular flexibility index (Phi) is 4.79. The van der Waals surface area contributed by atoms with Gasteiger partial charge in [-0.25, -0.2) is 13.1 Å². The third-order valence-corrected chi connectivity index (χ3v) is 5.19. The number of aryl methyl sites for hydroxylation is 2. The predicted molar refractivity (Wildman–Crippen MR) is 75.1 cm³/mol. The molecule has 0 radical (unpaired) electrons. The van der Waals surface area contributed by atoms with Gasteiger partial charge in [-0.2, -0.15) is 5.10 Å². The molecule has 8 heteroatoms. The lowest BCUT2D eigenvalue weighted by Crippen LogP contribution is -2.47. The van der Waals surface area contributed by atoms with Gasteiger partial charge in [0, 0.05) is 19.6 Å². The minimum atomic E-state index is -3.54. The normalized spacial score (nSPS) is 21.2. The fraction of sp³-hybridized carbons (Fsp3) is 0.750. The van der Waals surface area contributed by atoms with Gasteiger partial charge in [0.2, 0.25) is 10.0 Å². The second-order valence-corrected chi connectivity index (χ2v) is 6.70. The Bertz CT molecular complexity index is 536. The van der Waals surface area contributed by atoms with Gasteiger partial charge in [-0.15, -0.1) is 0 Å². The van der Waals surface area contributed by atoms with Crippen molar-refractivity contribution in [2.45, 2.75) is 31.8 Å². The Morgan fingerprint density at radius 2 is 2.25 bits per heavy atom. The maximum absolute atomic E-state index is 12.3. The highest BCUT2D eigenvalue weighted by atomic mass is 32.2. The third kappa shape index (κ3) is 3.38. The molecule has 20 heavy (non-hydrogen) atoms. The summed E-state index contributed by atoms with van der Waals surface area (Å²) in [5, 5.41) is 6.61. The van der Waals surface area contributed by atoms with E-state index in [0.717, 1.165) is 19.6 Å². The Morgan fingerprint density at radius 1 is 1.50 bits per heavy atom. The van der Waals surface area contributed by atoms with Crippen LogP contribution in [0.4, 0.5) is 0 Å². The van der Waals surface area contributed by atoms with Crippen molar-refractivity contribution in [2.75, 3.05) is 32.8 Å². The van der Waals surface area contributed by atoms with Crippen LogP contribution in [-0.4, -0.2) is 62.4 Å². The zero-order valence-corrected chi connectivity index (χ0v) is 13.0. The lowest BCUT2D eigenvalue weighted by Gasteiger charge is -2.32. The Balaban J connectivity index is 1.99. The SMILES string of the molecule is CCN1CCOC(CNS(=O)(=O)c2c(C)n[nH]c2C)C1. The van der Waals surface area contributed by atoms with E-state index in [1.807, 2.05) is 0 Å². The first kappa shape index (κ1) is 15.4. The average Bonchev–Trinajstić information content (AvgIpc) is 2.77. The Hall–Kier alpha value is -0.960. The summed E-state index contributed by atoms with van der Waals surface area (Å²) in [6.45, 7) is 8.99. The van der Waals surface area contributed by atoms with Gasteiger partial charge in [0.05, 0.1) is 24.1 Å². The van der Waals surface area contributed by atoms with Crippen LogP contribution in [0.15, 0.2) is 4.90 Å². The van der Waals surface area contributed by atoms with E-state index in [9.17, 15) is 8.42 Å². The van der Waals surface area contributed by atoms with Crippen molar-refractivity contribution >= 4 is 10.0 Å². The first-order valence-corrected chi connectivity index (χ1v) is 8.27. The third-order valence-electron chi connectivity index (χ3n) is 3.50. The summed E-state index contributed by atoms with van der Waals surface area (Å²) in [4.78, 5) is 2.48. The molecule has 0 aliphatic carbocycles. The van der Waals surface area contributed by atoms with E-state index in [-0.39, 0.29) is 17.5 Å². The largest absolute Gasteiger partial charge is 0.374 e. The molecule has 0 saturated carbocycles. The second-order valence-electron chi connectivity index (χ2n) is 5.00. The summed E-state index contributed by atoms with van der Waals surface area (Å²) >= 11 is 0. The predicted octanol–water partition coefficient (Wildman–Crippen LogP) is 0.0255. The van der Waals surface area contributed by atoms with Crippen molar-refractivity contribution in [3.8, 4) is 0 Å². The van der Waals surface area contributed by atoms with Gasteiger partial charge in [-0.3, -0.25) is 10.00 Å². The monoisotopic (exact) mass is 302 g/mol. The fourth-order valence-electron chi connectivity index (χ4n) is 2.40. The summed E-state index contributed by atoms with van der Waals surface area (Å²) in [7, 11) is -3.54. The molecule has 1 aromatic rings. The topological polar surface area (TPSA) is 87.3 Å². The molecule has 0 aromatic carbocycles. The molecular formula is C12H22N4O3S. The number of H-pyrrole nitrogens is 1. The van der Waals surface area contributed by atoms with Gasteiger partial charge in [0.15, 0.2) is 0 Å². The standard InChI is InChI=1S/C12H22N4O3S/c1-4-16-5-6-19-11(8-16)7-13-20(17,18)12-9(2)14-15-10(12)3/h11,13H,4-8H2,1-3H3,(H,14,15). The molecule has 2 N–H and O–H groups in total. The molecule has 1 saturated heterocycles. The van der Waals surface area contributed by atoms with Gasteiger partial charge < -0.3 is 4.74 Å². The van der Waals surface area contributed by atoms with E-state index in [1.54, 1.807) is 13.8 Å². The van der Waals surface area contributed by atoms with Crippen molar-refractivity contribution in [1.29, 1.82) is 0 Å². The molecule has 1 fully saturated rings. The minimum Gasteiger partial charge on any atom is -0.374 e. The summed E-state index contributed by atoms with van der Waals surface area (Å²) in [6.07, 6.45) is -0.106. The zero-order chi connectivity index (χ0) is 14.8. The molecule has 1 atom stereocenters. The molecule has 1 unspecified atom stereocenters. The van der Waals surface area contributed by atoms with Gasteiger partial charge in [-0.1, -0.05) is 6.92 Å². The van der Waals surface area contributed by atoms with Crippen molar-refractivity contribution in [2.24, 2.45) is 0 Å². The van der Waals surface area contributed by atoms with Crippen LogP contribution in [0, 0.1) is 13.8 Å². The maximum Gasteiger partial charge on any atom is 0.244 e. The zero-order valence-electron chi connectivity index (χ0n) is 12.1. The van der Waals surface area contributed by atoms with Gasteiger partial charge >= 0.3 is 0 Å². The van der Waals surface area contributed by atoms with Crippen molar-refractivity contribution < 1.29 is 13.2 Å². The summed E-state index contributed by atoms with van der Waals surface area (Å²) in [6, 6.07) is 0. The lowest BCUT2D eigenvalue weighted by molar-refractivity contribution is -0.0229. The molecule has 0 spiro atoms. The number of sulfonamides is 1. The lowest BCUT2D eigenvalue weighted by atomic mass is 10.3. The number of ether oxygens (including phenoxy) is 1. The number of rotatable bonds is 5. The Morgan fingerprint density at radius 3 is 2.85 bits per heavy atom. The summed E-state index contributed by atoms with van der Waals surface area (Å²) < 4.78 is 32.8. The molecular weight excluding hydrogens is 280 g/mol. The van der Waals surface area contributed by atoms with Crippen LogP contribution in [0.2, 0.25) is 0 Å². The van der Waals surface area contributed by atoms with E-state index < -0.39 is 10.0 Å². The number of morpholine rings is 1. The molecule has 1 aliphatic rings. The van der Waals surface area contributed by atoms with Gasteiger partial charge in [-0.05, 0) is 20.4 Å². The van der Waals surface area contributed by atoms with Crippen LogP contribution in [0.5, 0.6) is 0 Å². The van der Waals surface area contributed by atoms with E-state index in [2.05, 4.69) is 26.7 Å². The number of nitrogens with one attached hydrogen (secondary N) is 2. The van der Waals surface area contributed by atoms with Crippen molar-refractivity contribution in [1.82, 2.24) is 19.8 Å². The minimum absolute atomic E-state index is 0.106. The molecule has 2 rings (SSSR count). The quantitative estimate of drug-likeness (QED) is 0.801. The molecule has 0 bridgehead atoms. The molecule has 2 heterocycles. The van der Waals surface area contributed by atoms with Crippen LogP contribution >= 0.6 is 0 Å². The molecule has 1 aliphatic heterocycles. The number of aromatic nitrogens is 2. The average molecular weight is 302 g/mol.